The first-order valence-corrected chi connectivity index (χ1v) is 14.2. The van der Waals surface area contributed by atoms with Gasteiger partial charge in [-0.05, 0) is 23.1 Å². The number of quaternary nitrogens is 1. The summed E-state index contributed by atoms with van der Waals surface area (Å²) in [6.07, 6.45) is 7.40. The van der Waals surface area contributed by atoms with Crippen LogP contribution in [0.4, 0.5) is 16.2 Å². The maximum absolute atomic E-state index is 13.4. The molecular formula is C32H37N8O2+. The first-order chi connectivity index (χ1) is 20.2. The lowest BCUT2D eigenvalue weighted by Crippen LogP contribution is -2.45. The summed E-state index contributed by atoms with van der Waals surface area (Å²) >= 11 is 0. The normalized spacial score (nSPS) is 19.4. The molecule has 4 heterocycles. The highest BCUT2D eigenvalue weighted by Gasteiger charge is 2.42. The summed E-state index contributed by atoms with van der Waals surface area (Å²) in [5, 5.41) is 20.0. The monoisotopic (exact) mass is 565 g/mol. The van der Waals surface area contributed by atoms with Crippen LogP contribution in [0.25, 0.3) is 21.9 Å². The Kier molecular flexibility index (Phi) is 7.36. The number of aromatic nitrogens is 3. The van der Waals surface area contributed by atoms with Crippen LogP contribution in [0.2, 0.25) is 0 Å². The fourth-order valence-corrected chi connectivity index (χ4v) is 5.34. The van der Waals surface area contributed by atoms with Crippen LogP contribution < -0.4 is 15.2 Å². The minimum absolute atomic E-state index is 0.0603. The van der Waals surface area contributed by atoms with Gasteiger partial charge in [0.1, 0.15) is 19.0 Å². The van der Waals surface area contributed by atoms with Gasteiger partial charge in [-0.25, -0.2) is 4.79 Å². The van der Waals surface area contributed by atoms with Crippen molar-refractivity contribution in [2.45, 2.75) is 27.3 Å². The van der Waals surface area contributed by atoms with Crippen LogP contribution in [0.15, 0.2) is 84.1 Å². The van der Waals surface area contributed by atoms with Gasteiger partial charge >= 0.3 is 6.03 Å². The highest BCUT2D eigenvalue weighted by Crippen LogP contribution is 2.35. The molecule has 0 radical (unpaired) electrons. The molecular weight excluding hydrogens is 528 g/mol. The lowest BCUT2D eigenvalue weighted by Gasteiger charge is -2.26. The molecule has 2 aliphatic rings. The number of nitrogens with one attached hydrogen (secondary N) is 3. The molecule has 4 aromatic rings. The quantitative estimate of drug-likeness (QED) is 0.269. The number of benzene rings is 2. The molecule has 1 fully saturated rings. The number of ether oxygens (including phenoxy) is 1. The number of allylic oxidation sites excluding steroid dienone is 1. The number of aromatic amines is 1. The molecule has 6 rings (SSSR count). The molecule has 2 aliphatic heterocycles. The van der Waals surface area contributed by atoms with Crippen molar-refractivity contribution in [2.75, 3.05) is 38.7 Å². The second kappa shape index (κ2) is 11.1. The Hall–Kier alpha value is -4.38. The molecule has 2 aromatic heterocycles. The smallest absolute Gasteiger partial charge is 0.327 e. The number of urea groups is 1. The Labute approximate surface area is 245 Å². The number of morpholine rings is 1. The van der Waals surface area contributed by atoms with Crippen LogP contribution in [0.1, 0.15) is 26.5 Å². The molecule has 0 spiro atoms. The lowest BCUT2D eigenvalue weighted by molar-refractivity contribution is 0.0336. The number of anilines is 1. The van der Waals surface area contributed by atoms with Crippen molar-refractivity contribution in [3.63, 3.8) is 0 Å². The van der Waals surface area contributed by atoms with E-state index in [4.69, 9.17) is 14.8 Å². The zero-order chi connectivity index (χ0) is 29.3. The van der Waals surface area contributed by atoms with Crippen LogP contribution in [0.5, 0.6) is 0 Å². The van der Waals surface area contributed by atoms with E-state index in [-0.39, 0.29) is 16.0 Å². The Morgan fingerprint density at radius 2 is 1.81 bits per heavy atom. The molecule has 216 valence electrons. The fourth-order valence-electron chi connectivity index (χ4n) is 5.34. The topological polar surface area (TPSA) is 108 Å². The molecule has 42 heavy (non-hydrogen) atoms. The molecule has 2 amide bonds. The molecule has 0 saturated carbocycles. The standard InChI is InChI=1S/C32H36N8O2/c1-32(2,3)29-17-30(40(4,38-29)24-19-34-35-20-24)37-31(41)36-28-12-11-25(26-7-5-6-8-27(26)28)22-9-10-23(33-18-22)21-39-13-15-42-16-14-39/h5-12,17-20H,13-16,21H2,1-4H3,(H2-,34,35,36,37,38,41)/p+1. The van der Waals surface area contributed by atoms with Gasteiger partial charge in [0.2, 0.25) is 11.5 Å². The highest BCUT2D eigenvalue weighted by atomic mass is 16.5. The summed E-state index contributed by atoms with van der Waals surface area (Å²) < 4.78 is 5.52. The first kappa shape index (κ1) is 27.8. The maximum Gasteiger partial charge on any atom is 0.327 e. The summed E-state index contributed by atoms with van der Waals surface area (Å²) in [6, 6.07) is 16.0. The molecule has 0 aliphatic carbocycles. The summed E-state index contributed by atoms with van der Waals surface area (Å²) in [5.41, 5.74) is 5.38. The van der Waals surface area contributed by atoms with E-state index in [0.29, 0.717) is 5.82 Å². The molecule has 1 atom stereocenters. The van der Waals surface area contributed by atoms with Crippen molar-refractivity contribution in [1.29, 1.82) is 0 Å². The van der Waals surface area contributed by atoms with Crippen LogP contribution in [0, 0.1) is 5.41 Å². The largest absolute Gasteiger partial charge is 0.379 e. The number of hydrogen-bond acceptors (Lipinski definition) is 6. The third-order valence-electron chi connectivity index (χ3n) is 7.84. The van der Waals surface area contributed by atoms with E-state index >= 15 is 0 Å². The summed E-state index contributed by atoms with van der Waals surface area (Å²) in [5.74, 6) is 0.642. The number of amides is 2. The van der Waals surface area contributed by atoms with Gasteiger partial charge in [0.15, 0.2) is 0 Å². The van der Waals surface area contributed by atoms with E-state index in [0.717, 1.165) is 77.5 Å². The average molecular weight is 566 g/mol. The van der Waals surface area contributed by atoms with Crippen LogP contribution in [-0.4, -0.2) is 65.2 Å². The van der Waals surface area contributed by atoms with Crippen LogP contribution >= 0.6 is 0 Å². The number of pyridine rings is 1. The van der Waals surface area contributed by atoms with Gasteiger partial charge < -0.3 is 10.1 Å². The molecule has 10 heteroatoms. The predicted octanol–water partition coefficient (Wildman–Crippen LogP) is 5.47. The zero-order valence-electron chi connectivity index (χ0n) is 24.5. The molecule has 1 saturated heterocycles. The Morgan fingerprint density at radius 1 is 1.02 bits per heavy atom. The molecule has 1 unspecified atom stereocenters. The fraction of sp³-hybridized carbons (Fsp3) is 0.312. The van der Waals surface area contributed by atoms with Crippen LogP contribution in [0.3, 0.4) is 0 Å². The van der Waals surface area contributed by atoms with Crippen molar-refractivity contribution < 1.29 is 9.53 Å². The third-order valence-corrected chi connectivity index (χ3v) is 7.84. The third kappa shape index (κ3) is 5.56. The minimum Gasteiger partial charge on any atom is -0.379 e. The van der Waals surface area contributed by atoms with E-state index < -0.39 is 0 Å². The average Bonchev–Trinajstić information content (AvgIpc) is 3.64. The Balaban J connectivity index is 1.23. The molecule has 0 bridgehead atoms. The number of carbonyl (C=O) groups excluding carboxylic acids is 1. The van der Waals surface area contributed by atoms with Gasteiger partial charge in [-0.1, -0.05) is 62.3 Å². The highest BCUT2D eigenvalue weighted by molar-refractivity contribution is 6.08. The number of H-pyrrole nitrogens is 1. The molecule has 2 aromatic carbocycles. The van der Waals surface area contributed by atoms with Crippen molar-refractivity contribution >= 4 is 33.9 Å². The van der Waals surface area contributed by atoms with E-state index in [1.165, 1.54) is 0 Å². The number of nitrogens with zero attached hydrogens (tertiary/aromatic N) is 5. The Bertz CT molecular complexity index is 1650. The van der Waals surface area contributed by atoms with E-state index in [1.54, 1.807) is 12.4 Å². The van der Waals surface area contributed by atoms with Gasteiger partial charge in [0.05, 0.1) is 30.8 Å². The Morgan fingerprint density at radius 3 is 2.50 bits per heavy atom. The van der Waals surface area contributed by atoms with Crippen molar-refractivity contribution in [3.05, 3.63) is 84.7 Å². The summed E-state index contributed by atoms with van der Waals surface area (Å²) in [7, 11) is 1.93. The number of hydrogen-bond donors (Lipinski definition) is 3. The second-order valence-electron chi connectivity index (χ2n) is 11.9. The second-order valence-corrected chi connectivity index (χ2v) is 11.9. The van der Waals surface area contributed by atoms with E-state index in [9.17, 15) is 4.79 Å². The van der Waals surface area contributed by atoms with Crippen LogP contribution in [-0.2, 0) is 11.3 Å². The minimum atomic E-state index is -0.341. The summed E-state index contributed by atoms with van der Waals surface area (Å²) in [6.45, 7) is 10.5. The van der Waals surface area contributed by atoms with Crippen molar-refractivity contribution in [3.8, 4) is 11.1 Å². The van der Waals surface area contributed by atoms with Gasteiger partial charge in [0, 0.05) is 48.3 Å². The predicted molar refractivity (Wildman–Crippen MR) is 167 cm³/mol. The molecule has 10 nitrogen and oxygen atoms in total. The first-order valence-electron chi connectivity index (χ1n) is 14.2. The van der Waals surface area contributed by atoms with Gasteiger partial charge in [-0.2, -0.15) is 5.10 Å². The number of fused-ring (bicyclic) bond motifs is 1. The van der Waals surface area contributed by atoms with Gasteiger partial charge in [-0.15, -0.1) is 4.59 Å². The molecule has 3 N–H and O–H groups in total. The van der Waals surface area contributed by atoms with E-state index in [1.807, 2.05) is 49.7 Å². The van der Waals surface area contributed by atoms with Crippen molar-refractivity contribution in [1.82, 2.24) is 30.0 Å². The van der Waals surface area contributed by atoms with Gasteiger partial charge in [-0.3, -0.25) is 20.3 Å². The summed E-state index contributed by atoms with van der Waals surface area (Å²) in [4.78, 5) is 20.5. The SMILES string of the molecule is CC(C)(C)C1=N[N+](C)(c2cn[nH]c2)C(NC(=O)Nc2ccc(-c3ccc(CN4CCOCC4)nc3)c3ccccc23)=C1. The number of carbonyl (C=O) groups is 1. The zero-order valence-corrected chi connectivity index (χ0v) is 24.5. The lowest BCUT2D eigenvalue weighted by atomic mass is 9.90. The maximum atomic E-state index is 13.4. The van der Waals surface area contributed by atoms with Gasteiger partial charge in [0.25, 0.3) is 0 Å². The van der Waals surface area contributed by atoms with E-state index in [2.05, 4.69) is 64.7 Å². The van der Waals surface area contributed by atoms with Crippen molar-refractivity contribution in [2.24, 2.45) is 10.5 Å². The number of rotatable bonds is 6.